The van der Waals surface area contributed by atoms with E-state index < -0.39 is 40.2 Å². The van der Waals surface area contributed by atoms with Gasteiger partial charge in [0.1, 0.15) is 17.4 Å². The van der Waals surface area contributed by atoms with Crippen LogP contribution in [-0.2, 0) is 17.1 Å². The van der Waals surface area contributed by atoms with Crippen molar-refractivity contribution < 1.29 is 40.8 Å². The monoisotopic (exact) mass is 574 g/mol. The Morgan fingerprint density at radius 3 is 2.08 bits per heavy atom. The van der Waals surface area contributed by atoms with Gasteiger partial charge in [0, 0.05) is 76.8 Å². The van der Waals surface area contributed by atoms with Crippen LogP contribution < -0.4 is 9.64 Å². The average Bonchev–Trinajstić information content (AvgIpc) is 2.91. The van der Waals surface area contributed by atoms with E-state index in [-0.39, 0.29) is 11.7 Å². The van der Waals surface area contributed by atoms with Crippen molar-refractivity contribution in [2.24, 2.45) is 0 Å². The first-order chi connectivity index (χ1) is 18.8. The summed E-state index contributed by atoms with van der Waals surface area (Å²) in [5, 5.41) is 10.9. The number of hydrogen-bond donors (Lipinski definition) is 0. The van der Waals surface area contributed by atoms with Gasteiger partial charge in [-0.15, -0.1) is 0 Å². The van der Waals surface area contributed by atoms with Crippen LogP contribution in [0.2, 0.25) is 0 Å². The van der Waals surface area contributed by atoms with Crippen molar-refractivity contribution in [2.45, 2.75) is 37.7 Å². The van der Waals surface area contributed by atoms with Gasteiger partial charge in [0.15, 0.2) is 0 Å². The van der Waals surface area contributed by atoms with Gasteiger partial charge in [-0.3, -0.25) is 19.8 Å². The number of ether oxygens (including phenoxy) is 1. The summed E-state index contributed by atoms with van der Waals surface area (Å²) in [4.78, 5) is 28.4. The molecule has 218 valence electrons. The maximum Gasteiger partial charge on any atom is 0.423 e. The molecule has 4 rings (SSSR count). The third-order valence-corrected chi connectivity index (χ3v) is 7.14. The number of amides is 1. The number of alkyl halides is 6. The molecule has 8 nitrogen and oxygen atoms in total. The zero-order chi connectivity index (χ0) is 29.1. The van der Waals surface area contributed by atoms with Gasteiger partial charge < -0.3 is 14.5 Å². The van der Waals surface area contributed by atoms with Gasteiger partial charge in [-0.1, -0.05) is 0 Å². The van der Waals surface area contributed by atoms with Crippen molar-refractivity contribution in [3.8, 4) is 5.75 Å². The Morgan fingerprint density at radius 1 is 0.900 bits per heavy atom. The van der Waals surface area contributed by atoms with Crippen LogP contribution in [0.25, 0.3) is 0 Å². The summed E-state index contributed by atoms with van der Waals surface area (Å²) < 4.78 is 83.6. The molecule has 2 aliphatic heterocycles. The van der Waals surface area contributed by atoms with Crippen molar-refractivity contribution >= 4 is 17.3 Å². The molecule has 2 saturated heterocycles. The molecule has 2 heterocycles. The number of carbonyl (C=O) groups excluding carboxylic acids is 1. The molecule has 14 heteroatoms. The molecule has 2 aromatic carbocycles. The maximum absolute atomic E-state index is 13.2. The van der Waals surface area contributed by atoms with E-state index in [0.29, 0.717) is 71.1 Å². The standard InChI is InChI=1S/C26H28F6N4O4/c27-25(28,29)18-1-3-19(4-2-18)34-15-13-33(14-16-34)10-9-24(37)35-11-7-20(8-12-35)40-21-5-6-23(36(38)39)22(17-21)26(30,31)32/h1-6,17,20H,7-16H2. The number of nitrogens with zero attached hydrogens (tertiary/aromatic N) is 4. The Labute approximate surface area is 226 Å². The largest absolute Gasteiger partial charge is 0.490 e. The van der Waals surface area contributed by atoms with Gasteiger partial charge in [0.2, 0.25) is 5.91 Å². The Kier molecular flexibility index (Phi) is 8.76. The Hall–Kier alpha value is -3.55. The third kappa shape index (κ3) is 7.34. The Balaban J connectivity index is 1.19. The quantitative estimate of drug-likeness (QED) is 0.257. The summed E-state index contributed by atoms with van der Waals surface area (Å²) in [5.41, 5.74) is -2.38. The lowest BCUT2D eigenvalue weighted by Crippen LogP contribution is -2.48. The number of anilines is 1. The number of likely N-dealkylation sites (tertiary alicyclic amines) is 1. The number of nitro benzene ring substituents is 1. The van der Waals surface area contributed by atoms with Crippen LogP contribution in [0.3, 0.4) is 0 Å². The summed E-state index contributed by atoms with van der Waals surface area (Å²) in [6, 6.07) is 7.62. The second-order valence-electron chi connectivity index (χ2n) is 9.76. The molecule has 0 aliphatic carbocycles. The molecule has 0 spiro atoms. The lowest BCUT2D eigenvalue weighted by Gasteiger charge is -2.37. The van der Waals surface area contributed by atoms with Crippen molar-refractivity contribution in [2.75, 3.05) is 50.7 Å². The topological polar surface area (TPSA) is 79.2 Å². The molecule has 0 saturated carbocycles. The number of benzene rings is 2. The molecule has 0 radical (unpaired) electrons. The van der Waals surface area contributed by atoms with Crippen molar-refractivity contribution in [3.05, 3.63) is 63.7 Å². The van der Waals surface area contributed by atoms with E-state index >= 15 is 0 Å². The molecule has 2 aliphatic rings. The molecule has 1 amide bonds. The van der Waals surface area contributed by atoms with E-state index in [2.05, 4.69) is 4.90 Å². The normalized spacial score (nSPS) is 17.6. The second kappa shape index (κ2) is 11.9. The Morgan fingerprint density at radius 2 is 1.52 bits per heavy atom. The van der Waals surface area contributed by atoms with Crippen LogP contribution in [0.1, 0.15) is 30.4 Å². The zero-order valence-corrected chi connectivity index (χ0v) is 21.4. The molecule has 0 N–H and O–H groups in total. The first kappa shape index (κ1) is 29.4. The number of nitro groups is 1. The number of carbonyl (C=O) groups is 1. The van der Waals surface area contributed by atoms with Gasteiger partial charge in [0.25, 0.3) is 5.69 Å². The van der Waals surface area contributed by atoms with Crippen LogP contribution in [0.4, 0.5) is 37.7 Å². The lowest BCUT2D eigenvalue weighted by atomic mass is 10.1. The highest BCUT2D eigenvalue weighted by molar-refractivity contribution is 5.76. The smallest absolute Gasteiger partial charge is 0.423 e. The molecular weight excluding hydrogens is 546 g/mol. The minimum absolute atomic E-state index is 0.0432. The molecule has 2 aromatic rings. The Bertz CT molecular complexity index is 1190. The van der Waals surface area contributed by atoms with Crippen molar-refractivity contribution in [3.63, 3.8) is 0 Å². The van der Waals surface area contributed by atoms with E-state index in [1.807, 2.05) is 4.90 Å². The fourth-order valence-corrected chi connectivity index (χ4v) is 4.89. The van der Waals surface area contributed by atoms with E-state index in [9.17, 15) is 41.3 Å². The first-order valence-corrected chi connectivity index (χ1v) is 12.8. The fraction of sp³-hybridized carbons (Fsp3) is 0.500. The van der Waals surface area contributed by atoms with Crippen LogP contribution >= 0.6 is 0 Å². The lowest BCUT2D eigenvalue weighted by molar-refractivity contribution is -0.388. The van der Waals surface area contributed by atoms with E-state index in [1.165, 1.54) is 12.1 Å². The van der Waals surface area contributed by atoms with Gasteiger partial charge in [-0.25, -0.2) is 0 Å². The van der Waals surface area contributed by atoms with Crippen LogP contribution in [0, 0.1) is 10.1 Å². The summed E-state index contributed by atoms with van der Waals surface area (Å²) in [6.45, 7) is 3.88. The minimum Gasteiger partial charge on any atom is -0.490 e. The van der Waals surface area contributed by atoms with E-state index in [4.69, 9.17) is 4.74 Å². The number of piperidine rings is 1. The predicted octanol–water partition coefficient (Wildman–Crippen LogP) is 5.21. The van der Waals surface area contributed by atoms with E-state index in [1.54, 1.807) is 4.90 Å². The van der Waals surface area contributed by atoms with Gasteiger partial charge >= 0.3 is 12.4 Å². The maximum atomic E-state index is 13.2. The highest BCUT2D eigenvalue weighted by Crippen LogP contribution is 2.38. The minimum atomic E-state index is -4.90. The van der Waals surface area contributed by atoms with Crippen molar-refractivity contribution in [1.29, 1.82) is 0 Å². The summed E-state index contributed by atoms with van der Waals surface area (Å²) >= 11 is 0. The number of rotatable bonds is 7. The highest BCUT2D eigenvalue weighted by Gasteiger charge is 2.39. The summed E-state index contributed by atoms with van der Waals surface area (Å²) in [6.07, 6.45) is -8.58. The first-order valence-electron chi connectivity index (χ1n) is 12.8. The molecule has 0 atom stereocenters. The molecular formula is C26H28F6N4O4. The SMILES string of the molecule is O=C(CCN1CCN(c2ccc(C(F)(F)F)cc2)CC1)N1CCC(Oc2ccc([N+](=O)[O-])c(C(F)(F)F)c2)CC1. The fourth-order valence-electron chi connectivity index (χ4n) is 4.89. The zero-order valence-electron chi connectivity index (χ0n) is 21.4. The van der Waals surface area contributed by atoms with Crippen LogP contribution in [-0.4, -0.2) is 72.5 Å². The molecule has 0 aromatic heterocycles. The summed E-state index contributed by atoms with van der Waals surface area (Å²) in [7, 11) is 0. The van der Waals surface area contributed by atoms with Crippen LogP contribution in [0.15, 0.2) is 42.5 Å². The van der Waals surface area contributed by atoms with Gasteiger partial charge in [-0.05, 0) is 36.4 Å². The molecule has 2 fully saturated rings. The van der Waals surface area contributed by atoms with E-state index in [0.717, 1.165) is 30.0 Å². The third-order valence-electron chi connectivity index (χ3n) is 7.14. The number of piperazine rings is 1. The van der Waals surface area contributed by atoms with Crippen LogP contribution in [0.5, 0.6) is 5.75 Å². The molecule has 40 heavy (non-hydrogen) atoms. The number of halogens is 6. The molecule has 0 bridgehead atoms. The predicted molar refractivity (Wildman–Crippen MR) is 133 cm³/mol. The highest BCUT2D eigenvalue weighted by atomic mass is 19.4. The molecule has 0 unspecified atom stereocenters. The second-order valence-corrected chi connectivity index (χ2v) is 9.76. The number of hydrogen-bond acceptors (Lipinski definition) is 6. The van der Waals surface area contributed by atoms with Gasteiger partial charge in [0.05, 0.1) is 10.5 Å². The van der Waals surface area contributed by atoms with Gasteiger partial charge in [-0.2, -0.15) is 26.3 Å². The van der Waals surface area contributed by atoms with Crippen molar-refractivity contribution in [1.82, 2.24) is 9.80 Å². The average molecular weight is 575 g/mol. The summed E-state index contributed by atoms with van der Waals surface area (Å²) in [5.74, 6) is -0.156.